The molecule has 0 amide bonds. The fourth-order valence-electron chi connectivity index (χ4n) is 1.30. The number of sulfonamides is 1. The van der Waals surface area contributed by atoms with E-state index in [1.165, 1.54) is 11.3 Å². The van der Waals surface area contributed by atoms with Crippen molar-refractivity contribution in [3.05, 3.63) is 16.5 Å². The number of rotatable bonds is 6. The van der Waals surface area contributed by atoms with E-state index < -0.39 is 10.0 Å². The smallest absolute Gasteiger partial charge is 0.250 e. The van der Waals surface area contributed by atoms with Crippen LogP contribution in [-0.4, -0.2) is 21.5 Å². The van der Waals surface area contributed by atoms with Gasteiger partial charge in [-0.3, -0.25) is 0 Å². The Morgan fingerprint density at radius 2 is 2.00 bits per heavy atom. The molecule has 16 heavy (non-hydrogen) atoms. The molecular formula is C10H18N2O2S2. The van der Waals surface area contributed by atoms with Crippen LogP contribution in [0.5, 0.6) is 0 Å². The van der Waals surface area contributed by atoms with Crippen molar-refractivity contribution < 1.29 is 8.42 Å². The summed E-state index contributed by atoms with van der Waals surface area (Å²) < 4.78 is 26.4. The molecule has 1 heterocycles. The Kier molecular flexibility index (Phi) is 4.91. The van der Waals surface area contributed by atoms with Crippen LogP contribution in [0.2, 0.25) is 0 Å². The maximum Gasteiger partial charge on any atom is 0.250 e. The summed E-state index contributed by atoms with van der Waals surface area (Å²) in [7, 11) is -3.30. The van der Waals surface area contributed by atoms with Crippen molar-refractivity contribution in [1.82, 2.24) is 10.0 Å². The minimum absolute atomic E-state index is 0.403. The van der Waals surface area contributed by atoms with Gasteiger partial charge in [0.25, 0.3) is 0 Å². The van der Waals surface area contributed by atoms with Crippen LogP contribution < -0.4 is 10.0 Å². The van der Waals surface area contributed by atoms with Crippen molar-refractivity contribution >= 4 is 21.4 Å². The monoisotopic (exact) mass is 262 g/mol. The van der Waals surface area contributed by atoms with E-state index in [1.54, 1.807) is 13.0 Å². The zero-order valence-corrected chi connectivity index (χ0v) is 11.5. The fraction of sp³-hybridized carbons (Fsp3) is 0.600. The topological polar surface area (TPSA) is 58.2 Å². The van der Waals surface area contributed by atoms with E-state index in [-0.39, 0.29) is 0 Å². The molecule has 0 aliphatic heterocycles. The number of hydrogen-bond acceptors (Lipinski definition) is 4. The summed E-state index contributed by atoms with van der Waals surface area (Å²) in [6, 6.07) is 1.73. The summed E-state index contributed by atoms with van der Waals surface area (Å²) in [5.41, 5.74) is 1.03. The van der Waals surface area contributed by atoms with Gasteiger partial charge in [-0.2, -0.15) is 0 Å². The first-order valence-electron chi connectivity index (χ1n) is 5.31. The molecule has 0 saturated carbocycles. The second-order valence-electron chi connectivity index (χ2n) is 3.45. The SMILES string of the molecule is CCNCc1sc(S(=O)(=O)NCC)cc1C. The van der Waals surface area contributed by atoms with Gasteiger partial charge in [-0.1, -0.05) is 13.8 Å². The lowest BCUT2D eigenvalue weighted by atomic mass is 10.3. The van der Waals surface area contributed by atoms with Crippen molar-refractivity contribution in [2.45, 2.75) is 31.5 Å². The molecule has 2 N–H and O–H groups in total. The molecule has 0 aromatic carbocycles. The minimum Gasteiger partial charge on any atom is -0.312 e. The van der Waals surface area contributed by atoms with Gasteiger partial charge in [-0.05, 0) is 25.1 Å². The van der Waals surface area contributed by atoms with E-state index in [0.29, 0.717) is 10.8 Å². The number of thiophene rings is 1. The molecule has 1 rings (SSSR count). The molecule has 0 unspecified atom stereocenters. The first-order chi connectivity index (χ1) is 7.51. The molecular weight excluding hydrogens is 244 g/mol. The number of aryl methyl sites for hydroxylation is 1. The zero-order valence-electron chi connectivity index (χ0n) is 9.83. The summed E-state index contributed by atoms with van der Waals surface area (Å²) in [5, 5.41) is 3.20. The Morgan fingerprint density at radius 1 is 1.31 bits per heavy atom. The Morgan fingerprint density at radius 3 is 2.56 bits per heavy atom. The van der Waals surface area contributed by atoms with Gasteiger partial charge in [0, 0.05) is 18.0 Å². The fourth-order valence-corrected chi connectivity index (χ4v) is 3.94. The number of hydrogen-bond donors (Lipinski definition) is 2. The summed E-state index contributed by atoms with van der Waals surface area (Å²) in [6.45, 7) is 7.77. The van der Waals surface area contributed by atoms with E-state index in [0.717, 1.165) is 23.5 Å². The molecule has 92 valence electrons. The van der Waals surface area contributed by atoms with Crippen LogP contribution in [0.3, 0.4) is 0 Å². The largest absolute Gasteiger partial charge is 0.312 e. The standard InChI is InChI=1S/C10H18N2O2S2/c1-4-11-7-9-8(3)6-10(15-9)16(13,14)12-5-2/h6,11-12H,4-5,7H2,1-3H3. The molecule has 0 radical (unpaired) electrons. The second-order valence-corrected chi connectivity index (χ2v) is 6.58. The average Bonchev–Trinajstić information content (AvgIpc) is 2.57. The van der Waals surface area contributed by atoms with Crippen LogP contribution in [0.25, 0.3) is 0 Å². The van der Waals surface area contributed by atoms with Gasteiger partial charge in [-0.25, -0.2) is 13.1 Å². The highest BCUT2D eigenvalue weighted by Crippen LogP contribution is 2.25. The summed E-state index contributed by atoms with van der Waals surface area (Å²) in [5.74, 6) is 0. The van der Waals surface area contributed by atoms with Crippen molar-refractivity contribution in [2.75, 3.05) is 13.1 Å². The Bertz CT molecular complexity index is 438. The van der Waals surface area contributed by atoms with E-state index in [9.17, 15) is 8.42 Å². The van der Waals surface area contributed by atoms with Crippen LogP contribution in [0.15, 0.2) is 10.3 Å². The van der Waals surface area contributed by atoms with Gasteiger partial charge in [0.05, 0.1) is 0 Å². The van der Waals surface area contributed by atoms with E-state index in [2.05, 4.69) is 10.0 Å². The van der Waals surface area contributed by atoms with Crippen LogP contribution in [0.4, 0.5) is 0 Å². The third-order valence-corrected chi connectivity index (χ3v) is 5.39. The van der Waals surface area contributed by atoms with Crippen molar-refractivity contribution in [1.29, 1.82) is 0 Å². The lowest BCUT2D eigenvalue weighted by Gasteiger charge is -2.00. The molecule has 0 saturated heterocycles. The van der Waals surface area contributed by atoms with E-state index in [1.807, 2.05) is 13.8 Å². The normalized spacial score (nSPS) is 11.9. The Hall–Kier alpha value is -0.430. The third kappa shape index (κ3) is 3.28. The molecule has 4 nitrogen and oxygen atoms in total. The second kappa shape index (κ2) is 5.77. The van der Waals surface area contributed by atoms with Crippen LogP contribution in [0, 0.1) is 6.92 Å². The highest BCUT2D eigenvalue weighted by Gasteiger charge is 2.17. The zero-order chi connectivity index (χ0) is 12.2. The maximum absolute atomic E-state index is 11.8. The van der Waals surface area contributed by atoms with Crippen molar-refractivity contribution in [3.8, 4) is 0 Å². The summed E-state index contributed by atoms with van der Waals surface area (Å²) >= 11 is 1.33. The first-order valence-corrected chi connectivity index (χ1v) is 7.61. The highest BCUT2D eigenvalue weighted by molar-refractivity contribution is 7.91. The quantitative estimate of drug-likeness (QED) is 0.816. The maximum atomic E-state index is 11.8. The predicted octanol–water partition coefficient (Wildman–Crippen LogP) is 1.46. The average molecular weight is 262 g/mol. The molecule has 1 aromatic rings. The summed E-state index contributed by atoms with van der Waals surface area (Å²) in [6.07, 6.45) is 0. The van der Waals surface area contributed by atoms with Gasteiger partial charge in [0.15, 0.2) is 0 Å². The lowest BCUT2D eigenvalue weighted by molar-refractivity contribution is 0.586. The summed E-state index contributed by atoms with van der Waals surface area (Å²) in [4.78, 5) is 1.08. The van der Waals surface area contributed by atoms with Gasteiger partial charge < -0.3 is 5.32 Å². The van der Waals surface area contributed by atoms with Gasteiger partial charge in [0.2, 0.25) is 10.0 Å². The molecule has 0 aliphatic carbocycles. The van der Waals surface area contributed by atoms with Gasteiger partial charge >= 0.3 is 0 Å². The highest BCUT2D eigenvalue weighted by atomic mass is 32.2. The molecule has 0 atom stereocenters. The van der Waals surface area contributed by atoms with Crippen LogP contribution >= 0.6 is 11.3 Å². The Labute approximate surface area is 101 Å². The molecule has 0 spiro atoms. The Balaban J connectivity index is 2.92. The van der Waals surface area contributed by atoms with E-state index >= 15 is 0 Å². The first kappa shape index (κ1) is 13.6. The van der Waals surface area contributed by atoms with E-state index in [4.69, 9.17) is 0 Å². The molecule has 0 aliphatic rings. The molecule has 1 aromatic heterocycles. The van der Waals surface area contributed by atoms with Crippen molar-refractivity contribution in [2.24, 2.45) is 0 Å². The number of nitrogens with one attached hydrogen (secondary N) is 2. The molecule has 0 bridgehead atoms. The van der Waals surface area contributed by atoms with Gasteiger partial charge in [0.1, 0.15) is 4.21 Å². The van der Waals surface area contributed by atoms with Crippen molar-refractivity contribution in [3.63, 3.8) is 0 Å². The molecule has 0 fully saturated rings. The van der Waals surface area contributed by atoms with Crippen LogP contribution in [-0.2, 0) is 16.6 Å². The predicted molar refractivity (Wildman–Crippen MR) is 67.3 cm³/mol. The minimum atomic E-state index is -3.30. The molecule has 6 heteroatoms. The van der Waals surface area contributed by atoms with Gasteiger partial charge in [-0.15, -0.1) is 11.3 Å². The third-order valence-electron chi connectivity index (χ3n) is 2.13. The lowest BCUT2D eigenvalue weighted by Crippen LogP contribution is -2.22. The van der Waals surface area contributed by atoms with Crippen LogP contribution in [0.1, 0.15) is 24.3 Å².